The Bertz CT molecular complexity index is 484. The molecule has 0 bridgehead atoms. The number of thiol groups is 1. The van der Waals surface area contributed by atoms with Gasteiger partial charge in [-0.25, -0.2) is 9.37 Å². The maximum absolute atomic E-state index is 13.5. The van der Waals surface area contributed by atoms with Crippen LogP contribution in [-0.2, 0) is 5.75 Å². The van der Waals surface area contributed by atoms with Crippen molar-refractivity contribution in [3.63, 3.8) is 0 Å². The molecule has 1 aromatic carbocycles. The number of hydrogen-bond acceptors (Lipinski definition) is 3. The molecule has 0 radical (unpaired) electrons. The third-order valence-electron chi connectivity index (χ3n) is 1.87. The number of nitrogens with zero attached hydrogens (tertiary/aromatic N) is 1. The minimum atomic E-state index is -0.252. The van der Waals surface area contributed by atoms with Crippen LogP contribution in [-0.4, -0.2) is 4.98 Å². The van der Waals surface area contributed by atoms with Crippen molar-refractivity contribution in [1.82, 2.24) is 4.98 Å². The molecule has 15 heavy (non-hydrogen) atoms. The van der Waals surface area contributed by atoms with Crippen LogP contribution >= 0.6 is 39.9 Å². The predicted molar refractivity (Wildman–Crippen MR) is 67.9 cm³/mol. The van der Waals surface area contributed by atoms with Crippen LogP contribution in [0, 0.1) is 5.82 Å². The van der Waals surface area contributed by atoms with Crippen molar-refractivity contribution < 1.29 is 4.39 Å². The van der Waals surface area contributed by atoms with Crippen LogP contribution in [0.2, 0.25) is 0 Å². The first-order valence-electron chi connectivity index (χ1n) is 4.21. The molecule has 0 aliphatic heterocycles. The van der Waals surface area contributed by atoms with Crippen LogP contribution in [0.25, 0.3) is 10.6 Å². The van der Waals surface area contributed by atoms with E-state index in [-0.39, 0.29) is 5.82 Å². The second kappa shape index (κ2) is 4.63. The van der Waals surface area contributed by atoms with Gasteiger partial charge in [0, 0.05) is 21.2 Å². The molecule has 0 unspecified atom stereocenters. The van der Waals surface area contributed by atoms with Crippen molar-refractivity contribution in [2.45, 2.75) is 5.75 Å². The van der Waals surface area contributed by atoms with Crippen molar-refractivity contribution in [3.05, 3.63) is 39.6 Å². The molecule has 2 aromatic rings. The summed E-state index contributed by atoms with van der Waals surface area (Å²) in [5, 5.41) is 2.58. The molecule has 1 nitrogen and oxygen atoms in total. The summed E-state index contributed by atoms with van der Waals surface area (Å²) in [5.41, 5.74) is 1.40. The molecular formula is C10H7BrFNS2. The van der Waals surface area contributed by atoms with Gasteiger partial charge in [-0.05, 0) is 18.2 Å². The Morgan fingerprint density at radius 2 is 2.27 bits per heavy atom. The van der Waals surface area contributed by atoms with Gasteiger partial charge < -0.3 is 0 Å². The van der Waals surface area contributed by atoms with Crippen LogP contribution in [0.3, 0.4) is 0 Å². The standard InChI is InChI=1S/C10H7BrFNS2/c11-6-1-2-9(12)8(3-6)10-13-7(4-14)5-15-10/h1-3,5,14H,4H2. The summed E-state index contributed by atoms with van der Waals surface area (Å²) in [4.78, 5) is 4.28. The van der Waals surface area contributed by atoms with Gasteiger partial charge in [0.05, 0.1) is 5.69 Å². The molecule has 1 heterocycles. The van der Waals surface area contributed by atoms with E-state index in [1.807, 2.05) is 5.38 Å². The number of aromatic nitrogens is 1. The first-order chi connectivity index (χ1) is 7.20. The lowest BCUT2D eigenvalue weighted by Crippen LogP contribution is -1.84. The van der Waals surface area contributed by atoms with E-state index in [2.05, 4.69) is 33.5 Å². The fourth-order valence-corrected chi connectivity index (χ4v) is 2.65. The first-order valence-corrected chi connectivity index (χ1v) is 6.52. The van der Waals surface area contributed by atoms with Gasteiger partial charge in [0.1, 0.15) is 10.8 Å². The highest BCUT2D eigenvalue weighted by atomic mass is 79.9. The molecule has 0 spiro atoms. The zero-order valence-corrected chi connectivity index (χ0v) is 10.9. The summed E-state index contributed by atoms with van der Waals surface area (Å²) in [5.74, 6) is 0.324. The van der Waals surface area contributed by atoms with E-state index in [4.69, 9.17) is 0 Å². The van der Waals surface area contributed by atoms with E-state index in [0.29, 0.717) is 16.3 Å². The van der Waals surface area contributed by atoms with Gasteiger partial charge in [-0.15, -0.1) is 11.3 Å². The molecule has 0 aliphatic carbocycles. The average Bonchev–Trinajstić information content (AvgIpc) is 2.70. The van der Waals surface area contributed by atoms with Crippen molar-refractivity contribution in [2.75, 3.05) is 0 Å². The van der Waals surface area contributed by atoms with E-state index >= 15 is 0 Å². The number of halogens is 2. The predicted octanol–water partition coefficient (Wildman–Crippen LogP) is 4.14. The summed E-state index contributed by atoms with van der Waals surface area (Å²) in [6, 6.07) is 4.84. The average molecular weight is 304 g/mol. The first kappa shape index (κ1) is 11.1. The Kier molecular flexibility index (Phi) is 3.43. The summed E-state index contributed by atoms with van der Waals surface area (Å²) in [7, 11) is 0. The molecular weight excluding hydrogens is 297 g/mol. The molecule has 5 heteroatoms. The van der Waals surface area contributed by atoms with Crippen molar-refractivity contribution in [2.24, 2.45) is 0 Å². The Balaban J connectivity index is 2.48. The Labute approximate surface area is 105 Å². The van der Waals surface area contributed by atoms with E-state index in [9.17, 15) is 4.39 Å². The van der Waals surface area contributed by atoms with Crippen LogP contribution in [0.5, 0.6) is 0 Å². The SMILES string of the molecule is Fc1ccc(Br)cc1-c1nc(CS)cs1. The summed E-state index contributed by atoms with van der Waals surface area (Å²) < 4.78 is 14.3. The lowest BCUT2D eigenvalue weighted by atomic mass is 10.2. The van der Waals surface area contributed by atoms with Crippen LogP contribution in [0.15, 0.2) is 28.1 Å². The molecule has 0 atom stereocenters. The number of thiazole rings is 1. The second-order valence-electron chi connectivity index (χ2n) is 2.93. The largest absolute Gasteiger partial charge is 0.240 e. The number of rotatable bonds is 2. The second-order valence-corrected chi connectivity index (χ2v) is 5.02. The molecule has 0 amide bonds. The van der Waals surface area contributed by atoms with Crippen LogP contribution in [0.1, 0.15) is 5.69 Å². The van der Waals surface area contributed by atoms with Gasteiger partial charge in [0.15, 0.2) is 0 Å². The number of benzene rings is 1. The molecule has 0 N–H and O–H groups in total. The van der Waals surface area contributed by atoms with Gasteiger partial charge in [-0.1, -0.05) is 15.9 Å². The van der Waals surface area contributed by atoms with E-state index in [1.54, 1.807) is 12.1 Å². The third-order valence-corrected chi connectivity index (χ3v) is 3.61. The van der Waals surface area contributed by atoms with Crippen molar-refractivity contribution in [3.8, 4) is 10.6 Å². The summed E-state index contributed by atoms with van der Waals surface area (Å²) >= 11 is 8.87. The fraction of sp³-hybridized carbons (Fsp3) is 0.100. The highest BCUT2D eigenvalue weighted by Crippen LogP contribution is 2.29. The quantitative estimate of drug-likeness (QED) is 0.823. The molecule has 0 aliphatic rings. The minimum absolute atomic E-state index is 0.252. The molecule has 78 valence electrons. The minimum Gasteiger partial charge on any atom is -0.240 e. The van der Waals surface area contributed by atoms with E-state index in [0.717, 1.165) is 10.2 Å². The highest BCUT2D eigenvalue weighted by molar-refractivity contribution is 9.10. The topological polar surface area (TPSA) is 12.9 Å². The zero-order chi connectivity index (χ0) is 10.8. The molecule has 0 saturated carbocycles. The summed E-state index contributed by atoms with van der Waals surface area (Å²) in [6.07, 6.45) is 0. The normalized spacial score (nSPS) is 10.6. The Morgan fingerprint density at radius 3 is 2.93 bits per heavy atom. The molecule has 2 rings (SSSR count). The fourth-order valence-electron chi connectivity index (χ4n) is 1.16. The zero-order valence-electron chi connectivity index (χ0n) is 7.58. The maximum atomic E-state index is 13.5. The van der Waals surface area contributed by atoms with Gasteiger partial charge in [-0.3, -0.25) is 0 Å². The van der Waals surface area contributed by atoms with Gasteiger partial charge >= 0.3 is 0 Å². The Hall–Kier alpha value is -0.390. The van der Waals surface area contributed by atoms with Crippen molar-refractivity contribution in [1.29, 1.82) is 0 Å². The van der Waals surface area contributed by atoms with Gasteiger partial charge in [-0.2, -0.15) is 12.6 Å². The van der Waals surface area contributed by atoms with E-state index in [1.165, 1.54) is 17.4 Å². The van der Waals surface area contributed by atoms with Crippen LogP contribution in [0.4, 0.5) is 4.39 Å². The Morgan fingerprint density at radius 1 is 1.47 bits per heavy atom. The lowest BCUT2D eigenvalue weighted by molar-refractivity contribution is 0.631. The molecule has 0 saturated heterocycles. The highest BCUT2D eigenvalue weighted by Gasteiger charge is 2.09. The van der Waals surface area contributed by atoms with E-state index < -0.39 is 0 Å². The number of hydrogen-bond donors (Lipinski definition) is 1. The molecule has 0 fully saturated rings. The van der Waals surface area contributed by atoms with Gasteiger partial charge in [0.2, 0.25) is 0 Å². The monoisotopic (exact) mass is 303 g/mol. The third kappa shape index (κ3) is 2.41. The summed E-state index contributed by atoms with van der Waals surface area (Å²) in [6.45, 7) is 0. The van der Waals surface area contributed by atoms with Crippen molar-refractivity contribution >= 4 is 39.9 Å². The smallest absolute Gasteiger partial charge is 0.133 e. The molecule has 1 aromatic heterocycles. The van der Waals surface area contributed by atoms with Crippen LogP contribution < -0.4 is 0 Å². The van der Waals surface area contributed by atoms with Gasteiger partial charge in [0.25, 0.3) is 0 Å². The lowest BCUT2D eigenvalue weighted by Gasteiger charge is -1.99. The maximum Gasteiger partial charge on any atom is 0.133 e.